The summed E-state index contributed by atoms with van der Waals surface area (Å²) in [5.74, 6) is -0.328. The molecular formula is C15H15FN4O4. The lowest BCUT2D eigenvalue weighted by Crippen LogP contribution is -2.33. The molecule has 1 N–H and O–H groups in total. The quantitative estimate of drug-likeness (QED) is 0.913. The summed E-state index contributed by atoms with van der Waals surface area (Å²) in [5.41, 5.74) is 0.504. The molecule has 1 aliphatic rings. The maximum Gasteiger partial charge on any atom is 0.414 e. The molecule has 2 aromatic rings. The number of carbonyl (C=O) groups is 2. The van der Waals surface area contributed by atoms with Crippen molar-refractivity contribution in [3.8, 4) is 11.5 Å². The van der Waals surface area contributed by atoms with E-state index in [0.717, 1.165) is 0 Å². The summed E-state index contributed by atoms with van der Waals surface area (Å²) >= 11 is 0. The van der Waals surface area contributed by atoms with Crippen molar-refractivity contribution in [2.75, 3.05) is 18.0 Å². The zero-order valence-electron chi connectivity index (χ0n) is 13.1. The van der Waals surface area contributed by atoms with E-state index in [0.29, 0.717) is 11.5 Å². The van der Waals surface area contributed by atoms with E-state index in [-0.39, 0.29) is 30.5 Å². The first-order valence-electron chi connectivity index (χ1n) is 7.27. The van der Waals surface area contributed by atoms with Gasteiger partial charge in [0.1, 0.15) is 11.9 Å². The lowest BCUT2D eigenvalue weighted by Gasteiger charge is -2.13. The van der Waals surface area contributed by atoms with Crippen LogP contribution in [0.15, 0.2) is 22.7 Å². The minimum atomic E-state index is -0.592. The topological polar surface area (TPSA) is 97.6 Å². The molecule has 3 rings (SSSR count). The maximum atomic E-state index is 14.3. The number of hydrogen-bond donors (Lipinski definition) is 1. The van der Waals surface area contributed by atoms with Gasteiger partial charge >= 0.3 is 6.09 Å². The molecular weight excluding hydrogens is 319 g/mol. The number of nitrogens with one attached hydrogen (secondary N) is 1. The van der Waals surface area contributed by atoms with Gasteiger partial charge in [0, 0.05) is 6.92 Å². The molecule has 0 bridgehead atoms. The third kappa shape index (κ3) is 3.19. The van der Waals surface area contributed by atoms with Gasteiger partial charge in [-0.3, -0.25) is 9.69 Å². The molecule has 0 spiro atoms. The fourth-order valence-electron chi connectivity index (χ4n) is 2.35. The van der Waals surface area contributed by atoms with Gasteiger partial charge in [-0.2, -0.15) is 4.98 Å². The van der Waals surface area contributed by atoms with Crippen LogP contribution in [0.5, 0.6) is 0 Å². The molecule has 0 unspecified atom stereocenters. The molecule has 0 saturated carbocycles. The second kappa shape index (κ2) is 6.26. The van der Waals surface area contributed by atoms with Gasteiger partial charge in [0.25, 0.3) is 5.89 Å². The minimum Gasteiger partial charge on any atom is -0.442 e. The zero-order valence-corrected chi connectivity index (χ0v) is 13.1. The number of anilines is 1. The normalized spacial score (nSPS) is 17.0. The summed E-state index contributed by atoms with van der Waals surface area (Å²) in [6.45, 7) is 3.44. The largest absolute Gasteiger partial charge is 0.442 e. The molecule has 24 heavy (non-hydrogen) atoms. The van der Waals surface area contributed by atoms with Crippen LogP contribution in [-0.2, 0) is 9.53 Å². The molecule has 1 saturated heterocycles. The number of hydrogen-bond acceptors (Lipinski definition) is 6. The Morgan fingerprint density at radius 2 is 2.29 bits per heavy atom. The standard InChI is InChI=1S/C15H15FN4O4/c1-8-18-14(24-19-8)12-4-3-10(5-13(12)16)20-7-11(23-15(20)22)6-17-9(2)21/h3-5,11H,6-7H2,1-2H3,(H,17,21)/t11-/m1/s1. The Bertz CT molecular complexity index is 792. The third-order valence-electron chi connectivity index (χ3n) is 3.48. The number of aryl methyl sites for hydroxylation is 1. The van der Waals surface area contributed by atoms with Crippen molar-refractivity contribution in [1.29, 1.82) is 0 Å². The van der Waals surface area contributed by atoms with Crippen LogP contribution in [0.4, 0.5) is 14.9 Å². The Hall–Kier alpha value is -2.97. The molecule has 0 radical (unpaired) electrons. The van der Waals surface area contributed by atoms with E-state index in [1.807, 2.05) is 0 Å². The van der Waals surface area contributed by atoms with Crippen LogP contribution in [0.25, 0.3) is 11.5 Å². The first kappa shape index (κ1) is 15.9. The van der Waals surface area contributed by atoms with Crippen LogP contribution in [0, 0.1) is 12.7 Å². The second-order valence-corrected chi connectivity index (χ2v) is 5.36. The number of cyclic esters (lactones) is 1. The Balaban J connectivity index is 1.77. The molecule has 126 valence electrons. The molecule has 1 fully saturated rings. The van der Waals surface area contributed by atoms with E-state index in [2.05, 4.69) is 15.5 Å². The minimum absolute atomic E-state index is 0.0732. The summed E-state index contributed by atoms with van der Waals surface area (Å²) < 4.78 is 24.4. The second-order valence-electron chi connectivity index (χ2n) is 5.36. The Kier molecular flexibility index (Phi) is 4.15. The predicted molar refractivity (Wildman–Crippen MR) is 80.7 cm³/mol. The van der Waals surface area contributed by atoms with E-state index in [1.54, 1.807) is 13.0 Å². The molecule has 1 aliphatic heterocycles. The Morgan fingerprint density at radius 3 is 2.92 bits per heavy atom. The van der Waals surface area contributed by atoms with Gasteiger partial charge in [-0.05, 0) is 25.1 Å². The first-order valence-corrected chi connectivity index (χ1v) is 7.27. The van der Waals surface area contributed by atoms with E-state index in [9.17, 15) is 14.0 Å². The third-order valence-corrected chi connectivity index (χ3v) is 3.48. The van der Waals surface area contributed by atoms with E-state index >= 15 is 0 Å². The molecule has 1 aromatic carbocycles. The molecule has 2 amide bonds. The SMILES string of the molecule is CC(=O)NC[C@@H]1CN(c2ccc(-c3nc(C)no3)c(F)c2)C(=O)O1. The smallest absolute Gasteiger partial charge is 0.414 e. The van der Waals surface area contributed by atoms with E-state index < -0.39 is 18.0 Å². The highest BCUT2D eigenvalue weighted by molar-refractivity contribution is 5.90. The number of nitrogens with zero attached hydrogens (tertiary/aromatic N) is 3. The summed E-state index contributed by atoms with van der Waals surface area (Å²) in [5, 5.41) is 6.20. The number of aromatic nitrogens is 2. The van der Waals surface area contributed by atoms with Gasteiger partial charge < -0.3 is 14.6 Å². The highest BCUT2D eigenvalue weighted by atomic mass is 19.1. The molecule has 1 aromatic heterocycles. The Labute approximate surface area is 136 Å². The predicted octanol–water partition coefficient (Wildman–Crippen LogP) is 1.65. The number of amides is 2. The van der Waals surface area contributed by atoms with Gasteiger partial charge in [0.2, 0.25) is 5.91 Å². The van der Waals surface area contributed by atoms with Crippen LogP contribution in [0.2, 0.25) is 0 Å². The van der Waals surface area contributed by atoms with Gasteiger partial charge in [-0.1, -0.05) is 5.16 Å². The van der Waals surface area contributed by atoms with Crippen LogP contribution < -0.4 is 10.2 Å². The molecule has 8 nitrogen and oxygen atoms in total. The van der Waals surface area contributed by atoms with Crippen molar-refractivity contribution in [3.63, 3.8) is 0 Å². The van der Waals surface area contributed by atoms with Gasteiger partial charge in [-0.25, -0.2) is 9.18 Å². The van der Waals surface area contributed by atoms with Crippen molar-refractivity contribution >= 4 is 17.7 Å². The molecule has 1 atom stereocenters. The monoisotopic (exact) mass is 334 g/mol. The fourth-order valence-corrected chi connectivity index (χ4v) is 2.35. The number of ether oxygens (including phenoxy) is 1. The molecule has 0 aliphatic carbocycles. The molecule has 9 heteroatoms. The summed E-state index contributed by atoms with van der Waals surface area (Å²) in [6, 6.07) is 4.24. The lowest BCUT2D eigenvalue weighted by atomic mass is 10.1. The number of rotatable bonds is 4. The first-order chi connectivity index (χ1) is 11.4. The maximum absolute atomic E-state index is 14.3. The van der Waals surface area contributed by atoms with Crippen molar-refractivity contribution in [2.45, 2.75) is 20.0 Å². The van der Waals surface area contributed by atoms with Crippen molar-refractivity contribution in [2.24, 2.45) is 0 Å². The highest BCUT2D eigenvalue weighted by Crippen LogP contribution is 2.28. The van der Waals surface area contributed by atoms with Crippen molar-refractivity contribution in [3.05, 3.63) is 29.8 Å². The van der Waals surface area contributed by atoms with Gasteiger partial charge in [0.15, 0.2) is 5.82 Å². The summed E-state index contributed by atoms with van der Waals surface area (Å²) in [4.78, 5) is 28.1. The Morgan fingerprint density at radius 1 is 1.50 bits per heavy atom. The van der Waals surface area contributed by atoms with E-state index in [1.165, 1.54) is 24.0 Å². The average Bonchev–Trinajstić information content (AvgIpc) is 3.11. The van der Waals surface area contributed by atoms with Crippen molar-refractivity contribution < 1.29 is 23.2 Å². The van der Waals surface area contributed by atoms with Crippen molar-refractivity contribution in [1.82, 2.24) is 15.5 Å². The van der Waals surface area contributed by atoms with Crippen LogP contribution >= 0.6 is 0 Å². The van der Waals surface area contributed by atoms with Crippen LogP contribution in [-0.4, -0.2) is 41.3 Å². The molecule has 2 heterocycles. The zero-order chi connectivity index (χ0) is 17.3. The summed E-state index contributed by atoms with van der Waals surface area (Å²) in [7, 11) is 0. The van der Waals surface area contributed by atoms with Crippen LogP contribution in [0.3, 0.4) is 0 Å². The van der Waals surface area contributed by atoms with Gasteiger partial charge in [0.05, 0.1) is 24.3 Å². The van der Waals surface area contributed by atoms with Gasteiger partial charge in [-0.15, -0.1) is 0 Å². The highest BCUT2D eigenvalue weighted by Gasteiger charge is 2.32. The number of halogens is 1. The fraction of sp³-hybridized carbons (Fsp3) is 0.333. The van der Waals surface area contributed by atoms with E-state index in [4.69, 9.17) is 9.26 Å². The lowest BCUT2D eigenvalue weighted by molar-refractivity contribution is -0.119. The van der Waals surface area contributed by atoms with Crippen LogP contribution in [0.1, 0.15) is 12.7 Å². The number of benzene rings is 1. The number of carbonyl (C=O) groups excluding carboxylic acids is 2. The average molecular weight is 334 g/mol. The summed E-state index contributed by atoms with van der Waals surface area (Å²) in [6.07, 6.45) is -1.08.